The third kappa shape index (κ3) is 19.5. The van der Waals surface area contributed by atoms with Gasteiger partial charge >= 0.3 is 0 Å². The lowest BCUT2D eigenvalue weighted by atomic mass is 10.1. The first-order valence-corrected chi connectivity index (χ1v) is 10.1. The van der Waals surface area contributed by atoms with E-state index < -0.39 is 6.10 Å². The second-order valence-corrected chi connectivity index (χ2v) is 6.40. The lowest BCUT2D eigenvalue weighted by molar-refractivity contribution is 0.0461. The Morgan fingerprint density at radius 1 is 0.833 bits per heavy atom. The van der Waals surface area contributed by atoms with Crippen molar-refractivity contribution < 1.29 is 9.84 Å². The standard InChI is InChI=1S/C21H37ClO2/c1-2-3-4-5-6-7-8-9-10-11-12-13-14-15-16-17-18-24-20-21(23)19-22/h3-4,6-7,9-10,21,23H,2,5,8,11-20H2,1H3/b4-3-,7-6-,10-9-. The predicted molar refractivity (Wildman–Crippen MR) is 107 cm³/mol. The summed E-state index contributed by atoms with van der Waals surface area (Å²) in [6.07, 6.45) is 24.9. The minimum absolute atomic E-state index is 0.251. The molecule has 24 heavy (non-hydrogen) atoms. The topological polar surface area (TPSA) is 29.5 Å². The molecule has 0 bridgehead atoms. The highest BCUT2D eigenvalue weighted by Crippen LogP contribution is 2.08. The van der Waals surface area contributed by atoms with Crippen molar-refractivity contribution in [1.82, 2.24) is 0 Å². The van der Waals surface area contributed by atoms with Crippen LogP contribution in [0, 0.1) is 0 Å². The van der Waals surface area contributed by atoms with Gasteiger partial charge in [-0.1, -0.05) is 69.1 Å². The Hall–Kier alpha value is -0.570. The maximum Gasteiger partial charge on any atom is 0.0908 e. The van der Waals surface area contributed by atoms with Gasteiger partial charge in [0, 0.05) is 6.61 Å². The molecule has 1 atom stereocenters. The van der Waals surface area contributed by atoms with Crippen molar-refractivity contribution in [3.8, 4) is 0 Å². The lowest BCUT2D eigenvalue weighted by Crippen LogP contribution is -2.17. The molecule has 1 unspecified atom stereocenters. The highest BCUT2D eigenvalue weighted by molar-refractivity contribution is 6.18. The van der Waals surface area contributed by atoms with E-state index in [0.717, 1.165) is 32.3 Å². The molecule has 2 nitrogen and oxygen atoms in total. The summed E-state index contributed by atoms with van der Waals surface area (Å²) in [7, 11) is 0. The van der Waals surface area contributed by atoms with Gasteiger partial charge in [0.05, 0.1) is 18.6 Å². The van der Waals surface area contributed by atoms with E-state index in [0.29, 0.717) is 6.61 Å². The molecule has 3 heteroatoms. The first-order valence-electron chi connectivity index (χ1n) is 9.58. The maximum atomic E-state index is 9.22. The molecular weight excluding hydrogens is 320 g/mol. The molecule has 0 aromatic heterocycles. The van der Waals surface area contributed by atoms with Gasteiger partial charge in [-0.2, -0.15) is 0 Å². The second-order valence-electron chi connectivity index (χ2n) is 6.09. The van der Waals surface area contributed by atoms with Gasteiger partial charge in [0.15, 0.2) is 0 Å². The first kappa shape index (κ1) is 23.4. The van der Waals surface area contributed by atoms with Crippen molar-refractivity contribution >= 4 is 11.6 Å². The SMILES string of the molecule is CC/C=C\C/C=C\C/C=C\CCCCCCCCOCC(O)CCl. The van der Waals surface area contributed by atoms with Crippen molar-refractivity contribution in [1.29, 1.82) is 0 Å². The lowest BCUT2D eigenvalue weighted by Gasteiger charge is -2.07. The molecule has 0 aliphatic heterocycles. The summed E-state index contributed by atoms with van der Waals surface area (Å²) in [4.78, 5) is 0. The minimum Gasteiger partial charge on any atom is -0.389 e. The van der Waals surface area contributed by atoms with Crippen molar-refractivity contribution in [2.75, 3.05) is 19.1 Å². The molecule has 0 rings (SSSR count). The van der Waals surface area contributed by atoms with E-state index in [1.54, 1.807) is 0 Å². The highest BCUT2D eigenvalue weighted by atomic mass is 35.5. The number of rotatable bonds is 17. The van der Waals surface area contributed by atoms with E-state index in [9.17, 15) is 5.11 Å². The zero-order valence-electron chi connectivity index (χ0n) is 15.5. The molecule has 0 aliphatic rings. The van der Waals surface area contributed by atoms with Crippen LogP contribution < -0.4 is 0 Å². The number of allylic oxidation sites excluding steroid dienone is 6. The Morgan fingerprint density at radius 2 is 1.42 bits per heavy atom. The quantitative estimate of drug-likeness (QED) is 0.191. The fourth-order valence-corrected chi connectivity index (χ4v) is 2.35. The summed E-state index contributed by atoms with van der Waals surface area (Å²) in [5.74, 6) is 0.251. The third-order valence-electron chi connectivity index (χ3n) is 3.68. The largest absolute Gasteiger partial charge is 0.389 e. The van der Waals surface area contributed by atoms with Crippen LogP contribution in [0.15, 0.2) is 36.5 Å². The zero-order valence-corrected chi connectivity index (χ0v) is 16.2. The number of aliphatic hydroxyl groups is 1. The summed E-state index contributed by atoms with van der Waals surface area (Å²) >= 11 is 5.49. The van der Waals surface area contributed by atoms with Crippen LogP contribution in [-0.4, -0.2) is 30.3 Å². The number of ether oxygens (including phenoxy) is 1. The molecule has 0 aliphatic carbocycles. The van der Waals surface area contributed by atoms with Crippen LogP contribution in [0.1, 0.15) is 71.1 Å². The van der Waals surface area contributed by atoms with Gasteiger partial charge in [-0.25, -0.2) is 0 Å². The average molecular weight is 357 g/mol. The molecule has 1 N–H and O–H groups in total. The van der Waals surface area contributed by atoms with Crippen molar-refractivity contribution in [2.45, 2.75) is 77.2 Å². The number of unbranched alkanes of at least 4 members (excludes halogenated alkanes) is 6. The van der Waals surface area contributed by atoms with Gasteiger partial charge in [-0.05, 0) is 38.5 Å². The van der Waals surface area contributed by atoms with Gasteiger partial charge < -0.3 is 9.84 Å². The predicted octanol–water partition coefficient (Wildman–Crippen LogP) is 6.19. The molecule has 0 aromatic rings. The summed E-state index contributed by atoms with van der Waals surface area (Å²) in [6.45, 7) is 3.26. The Labute approximate surface area is 154 Å². The van der Waals surface area contributed by atoms with Gasteiger partial charge in [-0.3, -0.25) is 0 Å². The molecule has 0 heterocycles. The van der Waals surface area contributed by atoms with E-state index in [-0.39, 0.29) is 5.88 Å². The van der Waals surface area contributed by atoms with Crippen LogP contribution in [0.5, 0.6) is 0 Å². The van der Waals surface area contributed by atoms with Gasteiger partial charge in [0.1, 0.15) is 0 Å². The van der Waals surface area contributed by atoms with Crippen LogP contribution in [0.25, 0.3) is 0 Å². The number of hydrogen-bond acceptors (Lipinski definition) is 2. The normalized spacial score (nSPS) is 13.6. The van der Waals surface area contributed by atoms with Crippen LogP contribution in [0.2, 0.25) is 0 Å². The molecule has 0 aromatic carbocycles. The van der Waals surface area contributed by atoms with Crippen molar-refractivity contribution in [3.63, 3.8) is 0 Å². The summed E-state index contributed by atoms with van der Waals surface area (Å²) < 4.78 is 5.35. The first-order chi connectivity index (χ1) is 11.8. The number of aliphatic hydroxyl groups excluding tert-OH is 1. The van der Waals surface area contributed by atoms with E-state index in [4.69, 9.17) is 16.3 Å². The maximum absolute atomic E-state index is 9.22. The zero-order chi connectivity index (χ0) is 17.7. The van der Waals surface area contributed by atoms with E-state index in [1.165, 1.54) is 38.5 Å². The monoisotopic (exact) mass is 356 g/mol. The Morgan fingerprint density at radius 3 is 2.08 bits per heavy atom. The number of alkyl halides is 1. The molecule has 0 saturated heterocycles. The molecule has 0 spiro atoms. The Balaban J connectivity index is 3.19. The van der Waals surface area contributed by atoms with Crippen molar-refractivity contribution in [2.24, 2.45) is 0 Å². The van der Waals surface area contributed by atoms with Crippen LogP contribution in [0.3, 0.4) is 0 Å². The van der Waals surface area contributed by atoms with Crippen molar-refractivity contribution in [3.05, 3.63) is 36.5 Å². The van der Waals surface area contributed by atoms with Gasteiger partial charge in [0.2, 0.25) is 0 Å². The molecule has 0 radical (unpaired) electrons. The van der Waals surface area contributed by atoms with Gasteiger partial charge in [-0.15, -0.1) is 11.6 Å². The molecule has 0 saturated carbocycles. The van der Waals surface area contributed by atoms with Crippen LogP contribution in [-0.2, 0) is 4.74 Å². The van der Waals surface area contributed by atoms with Crippen LogP contribution >= 0.6 is 11.6 Å². The fraction of sp³-hybridized carbons (Fsp3) is 0.714. The smallest absolute Gasteiger partial charge is 0.0908 e. The summed E-state index contributed by atoms with van der Waals surface area (Å²) in [5.41, 5.74) is 0. The molecule has 0 fully saturated rings. The minimum atomic E-state index is -0.520. The van der Waals surface area contributed by atoms with E-state index in [1.807, 2.05) is 0 Å². The van der Waals surface area contributed by atoms with Gasteiger partial charge in [0.25, 0.3) is 0 Å². The number of hydrogen-bond donors (Lipinski definition) is 1. The molecule has 140 valence electrons. The second kappa shape index (κ2) is 20.5. The van der Waals surface area contributed by atoms with Crippen LogP contribution in [0.4, 0.5) is 0 Å². The summed E-state index contributed by atoms with van der Waals surface area (Å²) in [6, 6.07) is 0. The fourth-order valence-electron chi connectivity index (χ4n) is 2.26. The van der Waals surface area contributed by atoms with E-state index >= 15 is 0 Å². The summed E-state index contributed by atoms with van der Waals surface area (Å²) in [5, 5.41) is 9.22. The number of halogens is 1. The Kier molecular flexibility index (Phi) is 20.0. The average Bonchev–Trinajstić information content (AvgIpc) is 2.60. The molecular formula is C21H37ClO2. The highest BCUT2D eigenvalue weighted by Gasteiger charge is 2.00. The molecule has 0 amide bonds. The van der Waals surface area contributed by atoms with E-state index in [2.05, 4.69) is 43.4 Å². The third-order valence-corrected chi connectivity index (χ3v) is 4.03. The Bertz CT molecular complexity index is 324.